The predicted molar refractivity (Wildman–Crippen MR) is 67.3 cm³/mol. The largest absolute Gasteiger partial charge is 0.271 e. The van der Waals surface area contributed by atoms with Crippen molar-refractivity contribution < 1.29 is 0 Å². The first-order valence-electron chi connectivity index (χ1n) is 6.41. The van der Waals surface area contributed by atoms with Gasteiger partial charge in [-0.15, -0.1) is 0 Å². The lowest BCUT2D eigenvalue weighted by Crippen LogP contribution is -2.35. The molecule has 5 heteroatoms. The van der Waals surface area contributed by atoms with Crippen LogP contribution in [0.5, 0.6) is 0 Å². The lowest BCUT2D eigenvalue weighted by atomic mass is 9.92. The molecule has 1 aromatic rings. The summed E-state index contributed by atoms with van der Waals surface area (Å²) in [7, 11) is 0. The number of hydrogen-bond acceptors (Lipinski definition) is 3. The van der Waals surface area contributed by atoms with Gasteiger partial charge in [0.2, 0.25) is 0 Å². The van der Waals surface area contributed by atoms with Gasteiger partial charge in [0.15, 0.2) is 0 Å². The fraction of sp³-hybridized carbons (Fsp3) is 0.750. The molecule has 3 rings (SSSR count). The summed E-state index contributed by atoms with van der Waals surface area (Å²) in [5, 5.41) is 5.03. The van der Waals surface area contributed by atoms with Crippen molar-refractivity contribution in [2.24, 2.45) is 23.6 Å². The Morgan fingerprint density at radius 3 is 2.82 bits per heavy atom. The van der Waals surface area contributed by atoms with Crippen LogP contribution in [0.3, 0.4) is 0 Å². The van der Waals surface area contributed by atoms with Crippen LogP contribution in [0.15, 0.2) is 6.20 Å². The van der Waals surface area contributed by atoms with Crippen molar-refractivity contribution in [1.29, 1.82) is 0 Å². The second-order valence-electron chi connectivity index (χ2n) is 5.33. The van der Waals surface area contributed by atoms with E-state index in [0.717, 1.165) is 29.1 Å². The molecule has 3 N–H and O–H groups in total. The Bertz CT molecular complexity index is 407. The van der Waals surface area contributed by atoms with E-state index >= 15 is 0 Å². The van der Waals surface area contributed by atoms with Crippen molar-refractivity contribution in [3.8, 4) is 0 Å². The molecule has 1 aromatic heterocycles. The maximum absolute atomic E-state index is 6.24. The molecule has 0 amide bonds. The van der Waals surface area contributed by atoms with Crippen molar-refractivity contribution in [1.82, 2.24) is 15.2 Å². The number of nitrogens with two attached hydrogens (primary N) is 1. The maximum Gasteiger partial charge on any atom is 0.0834 e. The highest BCUT2D eigenvalue weighted by atomic mass is 35.5. The molecular formula is C12H19ClN4. The zero-order valence-corrected chi connectivity index (χ0v) is 10.8. The number of hydrogen-bond donors (Lipinski definition) is 2. The third-order valence-electron chi connectivity index (χ3n) is 4.36. The summed E-state index contributed by atoms with van der Waals surface area (Å²) >= 11 is 6.24. The van der Waals surface area contributed by atoms with Crippen molar-refractivity contribution >= 4 is 11.6 Å². The highest BCUT2D eigenvalue weighted by Gasteiger charge is 2.48. The Kier molecular flexibility index (Phi) is 2.89. The minimum absolute atomic E-state index is 0.151. The highest BCUT2D eigenvalue weighted by molar-refractivity contribution is 6.31. The smallest absolute Gasteiger partial charge is 0.0834 e. The zero-order valence-electron chi connectivity index (χ0n) is 10.1. The summed E-state index contributed by atoms with van der Waals surface area (Å²) in [6, 6.07) is 0.151. The molecule has 2 aliphatic carbocycles. The molecule has 0 bridgehead atoms. The van der Waals surface area contributed by atoms with Gasteiger partial charge in [-0.3, -0.25) is 16.0 Å². The van der Waals surface area contributed by atoms with E-state index in [2.05, 4.69) is 17.4 Å². The number of hydrazine groups is 1. The first kappa shape index (κ1) is 11.5. The van der Waals surface area contributed by atoms with Gasteiger partial charge in [-0.25, -0.2) is 0 Å². The van der Waals surface area contributed by atoms with E-state index in [-0.39, 0.29) is 6.04 Å². The quantitative estimate of drug-likeness (QED) is 0.639. The van der Waals surface area contributed by atoms with Gasteiger partial charge in [0.1, 0.15) is 0 Å². The fourth-order valence-electron chi connectivity index (χ4n) is 3.41. The molecule has 0 spiro atoms. The molecule has 3 unspecified atom stereocenters. The Morgan fingerprint density at radius 1 is 1.53 bits per heavy atom. The normalized spacial score (nSPS) is 32.5. The first-order valence-corrected chi connectivity index (χ1v) is 6.79. The molecule has 0 aromatic carbocycles. The van der Waals surface area contributed by atoms with E-state index in [1.54, 1.807) is 6.20 Å². The van der Waals surface area contributed by atoms with Gasteiger partial charge in [0.05, 0.1) is 23.0 Å². The van der Waals surface area contributed by atoms with Crippen molar-refractivity contribution in [2.45, 2.75) is 38.8 Å². The van der Waals surface area contributed by atoms with Gasteiger partial charge in [0.25, 0.3) is 0 Å². The Labute approximate surface area is 106 Å². The Hall–Kier alpha value is -0.580. The standard InChI is InChI=1S/C12H19ClN4/c1-2-17-12(10(13)6-15-17)11(16-14)9-4-7-3-8(7)5-9/h6-9,11,16H,2-5,14H2,1H3. The second kappa shape index (κ2) is 4.26. The monoisotopic (exact) mass is 254 g/mol. The number of fused-ring (bicyclic) bond motifs is 1. The molecule has 4 nitrogen and oxygen atoms in total. The molecule has 0 aliphatic heterocycles. The summed E-state index contributed by atoms with van der Waals surface area (Å²) < 4.78 is 1.96. The molecule has 2 fully saturated rings. The van der Waals surface area contributed by atoms with Gasteiger partial charge < -0.3 is 0 Å². The van der Waals surface area contributed by atoms with Crippen molar-refractivity contribution in [2.75, 3.05) is 0 Å². The van der Waals surface area contributed by atoms with Gasteiger partial charge in [-0.05, 0) is 43.9 Å². The number of nitrogens with zero attached hydrogens (tertiary/aromatic N) is 2. The number of halogens is 1. The van der Waals surface area contributed by atoms with Crippen LogP contribution in [0.25, 0.3) is 0 Å². The fourth-order valence-corrected chi connectivity index (χ4v) is 3.66. The van der Waals surface area contributed by atoms with E-state index in [1.165, 1.54) is 19.3 Å². The van der Waals surface area contributed by atoms with Crippen LogP contribution in [0.2, 0.25) is 5.02 Å². The molecule has 94 valence electrons. The summed E-state index contributed by atoms with van der Waals surface area (Å²) in [6.07, 6.45) is 5.71. The number of aryl methyl sites for hydroxylation is 1. The third-order valence-corrected chi connectivity index (χ3v) is 4.65. The Morgan fingerprint density at radius 2 is 2.24 bits per heavy atom. The molecule has 2 aliphatic rings. The molecule has 3 atom stereocenters. The molecule has 17 heavy (non-hydrogen) atoms. The van der Waals surface area contributed by atoms with Crippen LogP contribution in [0.1, 0.15) is 37.9 Å². The predicted octanol–water partition coefficient (Wildman–Crippen LogP) is 2.11. The van der Waals surface area contributed by atoms with Gasteiger partial charge >= 0.3 is 0 Å². The molecular weight excluding hydrogens is 236 g/mol. The number of rotatable bonds is 4. The van der Waals surface area contributed by atoms with Crippen LogP contribution in [0.4, 0.5) is 0 Å². The van der Waals surface area contributed by atoms with Crippen LogP contribution >= 0.6 is 11.6 Å². The summed E-state index contributed by atoms with van der Waals surface area (Å²) in [5.41, 5.74) is 4.02. The topological polar surface area (TPSA) is 55.9 Å². The average molecular weight is 255 g/mol. The van der Waals surface area contributed by atoms with Gasteiger partial charge in [-0.1, -0.05) is 11.6 Å². The second-order valence-corrected chi connectivity index (χ2v) is 5.73. The molecule has 1 heterocycles. The summed E-state index contributed by atoms with van der Waals surface area (Å²) in [5.74, 6) is 8.26. The van der Waals surface area contributed by atoms with Crippen LogP contribution in [-0.4, -0.2) is 9.78 Å². The van der Waals surface area contributed by atoms with Crippen LogP contribution in [-0.2, 0) is 6.54 Å². The van der Waals surface area contributed by atoms with E-state index < -0.39 is 0 Å². The van der Waals surface area contributed by atoms with Crippen LogP contribution in [0, 0.1) is 17.8 Å². The summed E-state index contributed by atoms with van der Waals surface area (Å²) in [6.45, 7) is 2.91. The van der Waals surface area contributed by atoms with Gasteiger partial charge in [-0.2, -0.15) is 5.10 Å². The number of nitrogens with one attached hydrogen (secondary N) is 1. The highest BCUT2D eigenvalue weighted by Crippen LogP contribution is 2.57. The van der Waals surface area contributed by atoms with E-state index in [0.29, 0.717) is 5.92 Å². The van der Waals surface area contributed by atoms with Crippen molar-refractivity contribution in [3.05, 3.63) is 16.9 Å². The minimum Gasteiger partial charge on any atom is -0.271 e. The third kappa shape index (κ3) is 1.88. The van der Waals surface area contributed by atoms with E-state index in [4.69, 9.17) is 17.4 Å². The summed E-state index contributed by atoms with van der Waals surface area (Å²) in [4.78, 5) is 0. The Balaban J connectivity index is 1.86. The number of aromatic nitrogens is 2. The van der Waals surface area contributed by atoms with E-state index in [1.807, 2.05) is 4.68 Å². The minimum atomic E-state index is 0.151. The average Bonchev–Trinajstić information content (AvgIpc) is 2.78. The maximum atomic E-state index is 6.24. The SMILES string of the molecule is CCn1ncc(Cl)c1C(NN)C1CC2CC2C1. The lowest BCUT2D eigenvalue weighted by molar-refractivity contribution is 0.327. The first-order chi connectivity index (χ1) is 8.24. The molecule has 0 radical (unpaired) electrons. The van der Waals surface area contributed by atoms with Crippen molar-refractivity contribution in [3.63, 3.8) is 0 Å². The molecule has 2 saturated carbocycles. The van der Waals surface area contributed by atoms with Crippen LogP contribution < -0.4 is 11.3 Å². The zero-order chi connectivity index (χ0) is 12.0. The van der Waals surface area contributed by atoms with E-state index in [9.17, 15) is 0 Å². The van der Waals surface area contributed by atoms with Gasteiger partial charge in [0, 0.05) is 6.54 Å². The lowest BCUT2D eigenvalue weighted by Gasteiger charge is -2.25. The molecule has 0 saturated heterocycles.